The average molecular weight is 297 g/mol. The highest BCUT2D eigenvalue weighted by molar-refractivity contribution is 5.89. The molecule has 0 saturated carbocycles. The highest BCUT2D eigenvalue weighted by Gasteiger charge is 2.08. The van der Waals surface area contributed by atoms with E-state index in [4.69, 9.17) is 14.6 Å². The van der Waals surface area contributed by atoms with E-state index >= 15 is 0 Å². The molecule has 21 heavy (non-hydrogen) atoms. The maximum atomic E-state index is 11.5. The van der Waals surface area contributed by atoms with Crippen LogP contribution < -0.4 is 10.1 Å². The van der Waals surface area contributed by atoms with Crippen molar-refractivity contribution in [2.45, 2.75) is 26.0 Å². The lowest BCUT2D eigenvalue weighted by Gasteiger charge is -2.15. The van der Waals surface area contributed by atoms with E-state index in [9.17, 15) is 9.90 Å². The van der Waals surface area contributed by atoms with Gasteiger partial charge < -0.3 is 25.0 Å². The number of rotatable bonds is 9. The number of aliphatic hydroxyl groups is 2. The van der Waals surface area contributed by atoms with Gasteiger partial charge in [0.2, 0.25) is 0 Å². The van der Waals surface area contributed by atoms with Gasteiger partial charge in [0.25, 0.3) is 0 Å². The van der Waals surface area contributed by atoms with E-state index in [2.05, 4.69) is 5.32 Å². The highest BCUT2D eigenvalue weighted by atomic mass is 16.5. The minimum absolute atomic E-state index is 0.0217. The van der Waals surface area contributed by atoms with E-state index in [1.54, 1.807) is 24.3 Å². The summed E-state index contributed by atoms with van der Waals surface area (Å²) in [6.45, 7) is 4.42. The number of carbonyl (C=O) groups excluding carboxylic acids is 1. The summed E-state index contributed by atoms with van der Waals surface area (Å²) in [5.41, 5.74) is 0.387. The third kappa shape index (κ3) is 7.08. The number of ether oxygens (including phenoxy) is 2. The third-order valence-corrected chi connectivity index (χ3v) is 2.62. The molecule has 0 aliphatic heterocycles. The average Bonchev–Trinajstić information content (AvgIpc) is 2.49. The van der Waals surface area contributed by atoms with Crippen LogP contribution in [0.2, 0.25) is 0 Å². The molecule has 0 saturated heterocycles. The Bertz CT molecular complexity index is 419. The Labute approximate surface area is 124 Å². The van der Waals surface area contributed by atoms with Gasteiger partial charge in [0.05, 0.1) is 12.2 Å². The van der Waals surface area contributed by atoms with Crippen LogP contribution in [0.1, 0.15) is 24.2 Å². The molecule has 6 heteroatoms. The van der Waals surface area contributed by atoms with Gasteiger partial charge in [-0.05, 0) is 24.3 Å². The summed E-state index contributed by atoms with van der Waals surface area (Å²) in [5.74, 6) is 0.0778. The molecule has 0 fully saturated rings. The molecule has 6 nitrogen and oxygen atoms in total. The highest BCUT2D eigenvalue weighted by Crippen LogP contribution is 2.13. The van der Waals surface area contributed by atoms with Crippen LogP contribution in [0.25, 0.3) is 0 Å². The molecular formula is C15H23NO5. The van der Waals surface area contributed by atoms with Gasteiger partial charge in [-0.2, -0.15) is 0 Å². The van der Waals surface area contributed by atoms with Crippen LogP contribution >= 0.6 is 0 Å². The molecule has 1 aromatic rings. The SMILES string of the molecule is CC(C)NC[C@H](O)COc1ccc(C(=O)OCCO)cc1. The van der Waals surface area contributed by atoms with Crippen LogP contribution in [0.15, 0.2) is 24.3 Å². The predicted octanol–water partition coefficient (Wildman–Crippen LogP) is 0.573. The Kier molecular flexibility index (Phi) is 7.74. The van der Waals surface area contributed by atoms with E-state index < -0.39 is 12.1 Å². The van der Waals surface area contributed by atoms with Crippen LogP contribution in [0.4, 0.5) is 0 Å². The van der Waals surface area contributed by atoms with E-state index in [-0.39, 0.29) is 19.8 Å². The Hall–Kier alpha value is -1.63. The summed E-state index contributed by atoms with van der Waals surface area (Å²) >= 11 is 0. The molecule has 0 bridgehead atoms. The summed E-state index contributed by atoms with van der Waals surface area (Å²) in [6.07, 6.45) is -0.596. The number of aliphatic hydroxyl groups excluding tert-OH is 2. The fourth-order valence-corrected chi connectivity index (χ4v) is 1.53. The number of esters is 1. The summed E-state index contributed by atoms with van der Waals surface area (Å²) < 4.78 is 10.2. The lowest BCUT2D eigenvalue weighted by molar-refractivity contribution is 0.0433. The van der Waals surface area contributed by atoms with Crippen LogP contribution in [-0.4, -0.2) is 54.7 Å². The smallest absolute Gasteiger partial charge is 0.338 e. The van der Waals surface area contributed by atoms with Crippen LogP contribution in [0, 0.1) is 0 Å². The van der Waals surface area contributed by atoms with E-state index in [1.807, 2.05) is 13.8 Å². The van der Waals surface area contributed by atoms with Crippen molar-refractivity contribution >= 4 is 5.97 Å². The standard InChI is InChI=1S/C15H23NO5/c1-11(2)16-9-13(18)10-21-14-5-3-12(4-6-14)15(19)20-8-7-17/h3-6,11,13,16-18H,7-10H2,1-2H3/t13-/m0/s1. The number of nitrogens with one attached hydrogen (secondary N) is 1. The van der Waals surface area contributed by atoms with Gasteiger partial charge in [0.15, 0.2) is 0 Å². The number of carbonyl (C=O) groups is 1. The first-order valence-corrected chi connectivity index (χ1v) is 6.95. The van der Waals surface area contributed by atoms with Gasteiger partial charge in [-0.15, -0.1) is 0 Å². The minimum atomic E-state index is -0.596. The largest absolute Gasteiger partial charge is 0.491 e. The molecule has 0 amide bonds. The third-order valence-electron chi connectivity index (χ3n) is 2.62. The Morgan fingerprint density at radius 2 is 1.95 bits per heavy atom. The lowest BCUT2D eigenvalue weighted by Crippen LogP contribution is -2.35. The maximum Gasteiger partial charge on any atom is 0.338 e. The Balaban J connectivity index is 2.38. The first kappa shape index (κ1) is 17.4. The second-order valence-corrected chi connectivity index (χ2v) is 4.91. The second kappa shape index (κ2) is 9.33. The zero-order valence-electron chi connectivity index (χ0n) is 12.4. The summed E-state index contributed by atoms with van der Waals surface area (Å²) in [6, 6.07) is 6.74. The van der Waals surface area contributed by atoms with Crippen LogP contribution in [0.3, 0.4) is 0 Å². The van der Waals surface area contributed by atoms with Crippen LogP contribution in [-0.2, 0) is 4.74 Å². The fraction of sp³-hybridized carbons (Fsp3) is 0.533. The molecule has 0 unspecified atom stereocenters. The van der Waals surface area contributed by atoms with Gasteiger partial charge in [-0.25, -0.2) is 4.79 Å². The van der Waals surface area contributed by atoms with Crippen molar-refractivity contribution in [1.29, 1.82) is 0 Å². The van der Waals surface area contributed by atoms with Crippen molar-refractivity contribution in [3.8, 4) is 5.75 Å². The topological polar surface area (TPSA) is 88.0 Å². The van der Waals surface area contributed by atoms with Crippen molar-refractivity contribution in [2.24, 2.45) is 0 Å². The number of benzene rings is 1. The molecule has 0 radical (unpaired) electrons. The van der Waals surface area contributed by atoms with Crippen LogP contribution in [0.5, 0.6) is 5.75 Å². The first-order chi connectivity index (χ1) is 10.0. The molecule has 118 valence electrons. The monoisotopic (exact) mass is 297 g/mol. The molecule has 1 atom stereocenters. The summed E-state index contributed by atoms with van der Waals surface area (Å²) in [5, 5.41) is 21.4. The fourth-order valence-electron chi connectivity index (χ4n) is 1.53. The van der Waals surface area contributed by atoms with Gasteiger partial charge in [-0.1, -0.05) is 13.8 Å². The molecule has 1 rings (SSSR count). The summed E-state index contributed by atoms with van der Waals surface area (Å²) in [4.78, 5) is 11.5. The lowest BCUT2D eigenvalue weighted by atomic mass is 10.2. The van der Waals surface area contributed by atoms with Crippen molar-refractivity contribution in [1.82, 2.24) is 5.32 Å². The molecule has 0 aromatic heterocycles. The first-order valence-electron chi connectivity index (χ1n) is 6.95. The number of hydrogen-bond acceptors (Lipinski definition) is 6. The molecular weight excluding hydrogens is 274 g/mol. The normalized spacial score (nSPS) is 12.2. The summed E-state index contributed by atoms with van der Waals surface area (Å²) in [7, 11) is 0. The van der Waals surface area contributed by atoms with E-state index in [0.717, 1.165) is 0 Å². The van der Waals surface area contributed by atoms with Gasteiger partial charge >= 0.3 is 5.97 Å². The zero-order chi connectivity index (χ0) is 15.7. The second-order valence-electron chi connectivity index (χ2n) is 4.91. The van der Waals surface area contributed by atoms with Crippen molar-refractivity contribution in [3.05, 3.63) is 29.8 Å². The van der Waals surface area contributed by atoms with Crippen molar-refractivity contribution < 1.29 is 24.5 Å². The molecule has 0 aliphatic rings. The Morgan fingerprint density at radius 1 is 1.29 bits per heavy atom. The van der Waals surface area contributed by atoms with E-state index in [1.165, 1.54) is 0 Å². The van der Waals surface area contributed by atoms with Gasteiger partial charge in [0, 0.05) is 12.6 Å². The Morgan fingerprint density at radius 3 is 2.52 bits per heavy atom. The molecule has 0 heterocycles. The molecule has 1 aromatic carbocycles. The predicted molar refractivity (Wildman–Crippen MR) is 78.5 cm³/mol. The maximum absolute atomic E-state index is 11.5. The van der Waals surface area contributed by atoms with Gasteiger partial charge in [0.1, 0.15) is 25.1 Å². The number of hydrogen-bond donors (Lipinski definition) is 3. The van der Waals surface area contributed by atoms with E-state index in [0.29, 0.717) is 23.9 Å². The molecule has 3 N–H and O–H groups in total. The molecule has 0 aliphatic carbocycles. The zero-order valence-corrected chi connectivity index (χ0v) is 12.4. The minimum Gasteiger partial charge on any atom is -0.491 e. The van der Waals surface area contributed by atoms with Crippen molar-refractivity contribution in [3.63, 3.8) is 0 Å². The van der Waals surface area contributed by atoms with Crippen molar-refractivity contribution in [2.75, 3.05) is 26.4 Å². The van der Waals surface area contributed by atoms with Gasteiger partial charge in [-0.3, -0.25) is 0 Å². The quantitative estimate of drug-likeness (QED) is 0.578. The molecule has 0 spiro atoms.